The molecular formula is C13H17NO3. The molecule has 1 aromatic rings. The zero-order valence-corrected chi connectivity index (χ0v) is 10.1. The number of rotatable bonds is 5. The molecule has 1 rings (SSSR count). The molecule has 0 saturated heterocycles. The van der Waals surface area contributed by atoms with E-state index in [4.69, 9.17) is 0 Å². The van der Waals surface area contributed by atoms with E-state index in [0.717, 1.165) is 5.56 Å². The first kappa shape index (κ1) is 13.2. The molecule has 0 spiro atoms. The summed E-state index contributed by atoms with van der Waals surface area (Å²) >= 11 is 0. The third-order valence-corrected chi connectivity index (χ3v) is 2.63. The lowest BCUT2D eigenvalue weighted by Gasteiger charge is -2.14. The molecule has 0 saturated carbocycles. The number of amides is 1. The highest BCUT2D eigenvalue weighted by Crippen LogP contribution is 2.23. The van der Waals surface area contributed by atoms with Crippen molar-refractivity contribution in [3.63, 3.8) is 0 Å². The van der Waals surface area contributed by atoms with Crippen molar-refractivity contribution >= 4 is 11.9 Å². The number of carboxylic acids is 1. The summed E-state index contributed by atoms with van der Waals surface area (Å²) in [7, 11) is 0. The van der Waals surface area contributed by atoms with Crippen LogP contribution in [0.3, 0.4) is 0 Å². The number of carbonyl (C=O) groups excluding carboxylic acids is 1. The van der Waals surface area contributed by atoms with E-state index in [2.05, 4.69) is 5.32 Å². The van der Waals surface area contributed by atoms with E-state index in [1.807, 2.05) is 19.1 Å². The molecular weight excluding hydrogens is 218 g/mol. The van der Waals surface area contributed by atoms with Crippen molar-refractivity contribution in [3.05, 3.63) is 35.4 Å². The Morgan fingerprint density at radius 2 is 2.00 bits per heavy atom. The Morgan fingerprint density at radius 1 is 1.35 bits per heavy atom. The van der Waals surface area contributed by atoms with Crippen LogP contribution in [-0.4, -0.2) is 23.5 Å². The maximum atomic E-state index is 11.5. The van der Waals surface area contributed by atoms with Gasteiger partial charge in [-0.2, -0.15) is 0 Å². The molecule has 0 aliphatic rings. The van der Waals surface area contributed by atoms with Gasteiger partial charge in [-0.05, 0) is 25.0 Å². The van der Waals surface area contributed by atoms with Crippen LogP contribution in [0.1, 0.15) is 30.4 Å². The SMILES string of the molecule is CCNC(=O)CC(C(=O)O)c1ccccc1C. The van der Waals surface area contributed by atoms with Gasteiger partial charge in [0.1, 0.15) is 0 Å². The smallest absolute Gasteiger partial charge is 0.311 e. The van der Waals surface area contributed by atoms with E-state index in [1.165, 1.54) is 0 Å². The van der Waals surface area contributed by atoms with Gasteiger partial charge in [0.05, 0.1) is 5.92 Å². The molecule has 0 heterocycles. The van der Waals surface area contributed by atoms with Gasteiger partial charge in [0.25, 0.3) is 0 Å². The normalized spacial score (nSPS) is 11.9. The monoisotopic (exact) mass is 235 g/mol. The molecule has 4 heteroatoms. The fourth-order valence-electron chi connectivity index (χ4n) is 1.76. The molecule has 0 aliphatic carbocycles. The molecule has 1 amide bonds. The summed E-state index contributed by atoms with van der Waals surface area (Å²) in [5, 5.41) is 11.8. The second-order valence-corrected chi connectivity index (χ2v) is 3.91. The second kappa shape index (κ2) is 6.03. The Labute approximate surface area is 101 Å². The predicted molar refractivity (Wildman–Crippen MR) is 64.9 cm³/mol. The molecule has 0 aromatic heterocycles. The summed E-state index contributed by atoms with van der Waals surface area (Å²) in [6.45, 7) is 4.17. The maximum absolute atomic E-state index is 11.5. The van der Waals surface area contributed by atoms with Crippen LogP contribution in [0.2, 0.25) is 0 Å². The van der Waals surface area contributed by atoms with Crippen LogP contribution in [-0.2, 0) is 9.59 Å². The number of nitrogens with one attached hydrogen (secondary N) is 1. The van der Waals surface area contributed by atoms with Crippen molar-refractivity contribution in [2.75, 3.05) is 6.54 Å². The standard InChI is InChI=1S/C13H17NO3/c1-3-14-12(15)8-11(13(16)17)10-7-5-4-6-9(10)2/h4-7,11H,3,8H2,1-2H3,(H,14,15)(H,16,17). The highest BCUT2D eigenvalue weighted by Gasteiger charge is 2.24. The van der Waals surface area contributed by atoms with Gasteiger partial charge < -0.3 is 10.4 Å². The number of carboxylic acid groups (broad SMARTS) is 1. The molecule has 1 atom stereocenters. The number of aryl methyl sites for hydroxylation is 1. The van der Waals surface area contributed by atoms with Crippen LogP contribution in [0.15, 0.2) is 24.3 Å². The summed E-state index contributed by atoms with van der Waals surface area (Å²) in [4.78, 5) is 22.7. The Hall–Kier alpha value is -1.84. The molecule has 1 aromatic carbocycles. The lowest BCUT2D eigenvalue weighted by Crippen LogP contribution is -2.27. The first-order valence-electron chi connectivity index (χ1n) is 5.61. The molecule has 2 N–H and O–H groups in total. The van der Waals surface area contributed by atoms with Gasteiger partial charge in [0, 0.05) is 13.0 Å². The molecule has 92 valence electrons. The van der Waals surface area contributed by atoms with Crippen LogP contribution in [0.4, 0.5) is 0 Å². The topological polar surface area (TPSA) is 66.4 Å². The second-order valence-electron chi connectivity index (χ2n) is 3.91. The minimum Gasteiger partial charge on any atom is -0.481 e. The fourth-order valence-corrected chi connectivity index (χ4v) is 1.76. The first-order chi connectivity index (χ1) is 8.06. The van der Waals surface area contributed by atoms with E-state index in [-0.39, 0.29) is 12.3 Å². The Morgan fingerprint density at radius 3 is 2.53 bits per heavy atom. The summed E-state index contributed by atoms with van der Waals surface area (Å²) in [5.41, 5.74) is 1.59. The molecule has 0 bridgehead atoms. The molecule has 4 nitrogen and oxygen atoms in total. The third kappa shape index (κ3) is 3.59. The quantitative estimate of drug-likeness (QED) is 0.816. The Bertz CT molecular complexity index is 415. The zero-order valence-electron chi connectivity index (χ0n) is 10.1. The van der Waals surface area contributed by atoms with Gasteiger partial charge in [-0.3, -0.25) is 9.59 Å². The number of hydrogen-bond donors (Lipinski definition) is 2. The summed E-state index contributed by atoms with van der Waals surface area (Å²) < 4.78 is 0. The van der Waals surface area contributed by atoms with Gasteiger partial charge in [0.2, 0.25) is 5.91 Å². The number of benzene rings is 1. The average molecular weight is 235 g/mol. The van der Waals surface area contributed by atoms with Crippen molar-refractivity contribution in [2.24, 2.45) is 0 Å². The van der Waals surface area contributed by atoms with Crippen LogP contribution in [0.25, 0.3) is 0 Å². The lowest BCUT2D eigenvalue weighted by molar-refractivity contribution is -0.140. The van der Waals surface area contributed by atoms with Crippen molar-refractivity contribution in [3.8, 4) is 0 Å². The molecule has 17 heavy (non-hydrogen) atoms. The lowest BCUT2D eigenvalue weighted by atomic mass is 9.92. The fraction of sp³-hybridized carbons (Fsp3) is 0.385. The van der Waals surface area contributed by atoms with E-state index < -0.39 is 11.9 Å². The first-order valence-corrected chi connectivity index (χ1v) is 5.61. The number of hydrogen-bond acceptors (Lipinski definition) is 2. The van der Waals surface area contributed by atoms with Gasteiger partial charge in [-0.25, -0.2) is 0 Å². The Kier molecular flexibility index (Phi) is 4.69. The highest BCUT2D eigenvalue weighted by molar-refractivity contribution is 5.85. The van der Waals surface area contributed by atoms with Crippen LogP contribution < -0.4 is 5.32 Å². The summed E-state index contributed by atoms with van der Waals surface area (Å²) in [6.07, 6.45) is -0.0198. The van der Waals surface area contributed by atoms with E-state index in [1.54, 1.807) is 19.1 Å². The Balaban J connectivity index is 2.91. The third-order valence-electron chi connectivity index (χ3n) is 2.63. The van der Waals surface area contributed by atoms with Gasteiger partial charge in [0.15, 0.2) is 0 Å². The number of aliphatic carboxylic acids is 1. The van der Waals surface area contributed by atoms with E-state index in [9.17, 15) is 14.7 Å². The number of carbonyl (C=O) groups is 2. The van der Waals surface area contributed by atoms with Crippen molar-refractivity contribution < 1.29 is 14.7 Å². The zero-order chi connectivity index (χ0) is 12.8. The van der Waals surface area contributed by atoms with Crippen molar-refractivity contribution in [1.29, 1.82) is 0 Å². The summed E-state index contributed by atoms with van der Waals surface area (Å²) in [6, 6.07) is 7.25. The van der Waals surface area contributed by atoms with Crippen molar-refractivity contribution in [2.45, 2.75) is 26.2 Å². The minimum atomic E-state index is -0.967. The molecule has 1 unspecified atom stereocenters. The van der Waals surface area contributed by atoms with Gasteiger partial charge >= 0.3 is 5.97 Å². The van der Waals surface area contributed by atoms with E-state index >= 15 is 0 Å². The van der Waals surface area contributed by atoms with Crippen LogP contribution in [0.5, 0.6) is 0 Å². The largest absolute Gasteiger partial charge is 0.481 e. The van der Waals surface area contributed by atoms with E-state index in [0.29, 0.717) is 12.1 Å². The van der Waals surface area contributed by atoms with Crippen LogP contribution >= 0.6 is 0 Å². The van der Waals surface area contributed by atoms with Crippen molar-refractivity contribution in [1.82, 2.24) is 5.32 Å². The minimum absolute atomic E-state index is 0.0198. The molecule has 0 fully saturated rings. The van der Waals surface area contributed by atoms with Gasteiger partial charge in [-0.15, -0.1) is 0 Å². The predicted octanol–water partition coefficient (Wildman–Crippen LogP) is 1.69. The summed E-state index contributed by atoms with van der Waals surface area (Å²) in [5.74, 6) is -1.98. The van der Waals surface area contributed by atoms with Gasteiger partial charge in [-0.1, -0.05) is 24.3 Å². The average Bonchev–Trinajstić information content (AvgIpc) is 2.27. The molecule has 0 aliphatic heterocycles. The molecule has 0 radical (unpaired) electrons. The maximum Gasteiger partial charge on any atom is 0.311 e. The van der Waals surface area contributed by atoms with Crippen LogP contribution in [0, 0.1) is 6.92 Å². The highest BCUT2D eigenvalue weighted by atomic mass is 16.4.